The van der Waals surface area contributed by atoms with Crippen molar-refractivity contribution in [3.8, 4) is 5.75 Å². The highest BCUT2D eigenvalue weighted by molar-refractivity contribution is 5.73. The number of aromatic nitrogens is 1. The molecule has 134 valence electrons. The smallest absolute Gasteiger partial charge is 0.317 e. The standard InChI is InChI=1S/C19H26N4O2/c1-22(2)17(16-7-5-6-8-18(16)25-4)13-21-19(24)23(3)14-15-9-11-20-12-10-15/h5-12,17H,13-14H2,1-4H3,(H,21,24). The van der Waals surface area contributed by atoms with Crippen molar-refractivity contribution in [3.05, 3.63) is 59.9 Å². The van der Waals surface area contributed by atoms with Crippen molar-refractivity contribution < 1.29 is 9.53 Å². The summed E-state index contributed by atoms with van der Waals surface area (Å²) >= 11 is 0. The van der Waals surface area contributed by atoms with Crippen LogP contribution >= 0.6 is 0 Å². The van der Waals surface area contributed by atoms with E-state index < -0.39 is 0 Å². The van der Waals surface area contributed by atoms with Crippen LogP contribution in [0.2, 0.25) is 0 Å². The molecule has 25 heavy (non-hydrogen) atoms. The Labute approximate surface area is 149 Å². The van der Waals surface area contributed by atoms with E-state index in [1.807, 2.05) is 50.5 Å². The van der Waals surface area contributed by atoms with Crippen LogP contribution in [0.4, 0.5) is 4.79 Å². The minimum Gasteiger partial charge on any atom is -0.496 e. The molecule has 1 atom stereocenters. The largest absolute Gasteiger partial charge is 0.496 e. The summed E-state index contributed by atoms with van der Waals surface area (Å²) in [5.74, 6) is 0.820. The second kappa shape index (κ2) is 9.03. The zero-order valence-corrected chi connectivity index (χ0v) is 15.3. The Morgan fingerprint density at radius 3 is 2.48 bits per heavy atom. The minimum absolute atomic E-state index is 0.0226. The number of ether oxygens (including phenoxy) is 1. The third-order valence-corrected chi connectivity index (χ3v) is 4.08. The van der Waals surface area contributed by atoms with E-state index in [9.17, 15) is 4.79 Å². The first-order chi connectivity index (χ1) is 12.0. The number of amides is 2. The van der Waals surface area contributed by atoms with Crippen LogP contribution in [0, 0.1) is 0 Å². The number of hydrogen-bond acceptors (Lipinski definition) is 4. The molecule has 0 aliphatic rings. The Hall–Kier alpha value is -2.60. The van der Waals surface area contributed by atoms with Gasteiger partial charge in [-0.2, -0.15) is 0 Å². The van der Waals surface area contributed by atoms with Gasteiger partial charge in [0.15, 0.2) is 0 Å². The predicted octanol–water partition coefficient (Wildman–Crippen LogP) is 2.53. The van der Waals surface area contributed by atoms with Gasteiger partial charge in [0.1, 0.15) is 5.75 Å². The fourth-order valence-corrected chi connectivity index (χ4v) is 2.67. The summed E-state index contributed by atoms with van der Waals surface area (Å²) in [7, 11) is 7.42. The quantitative estimate of drug-likeness (QED) is 0.840. The van der Waals surface area contributed by atoms with E-state index in [4.69, 9.17) is 4.74 Å². The molecule has 2 aromatic rings. The van der Waals surface area contributed by atoms with Crippen LogP contribution in [-0.4, -0.2) is 55.6 Å². The second-order valence-corrected chi connectivity index (χ2v) is 6.12. The molecule has 0 aliphatic heterocycles. The van der Waals surface area contributed by atoms with Gasteiger partial charge in [-0.15, -0.1) is 0 Å². The maximum atomic E-state index is 12.4. The molecule has 6 heteroatoms. The molecular formula is C19H26N4O2. The van der Waals surface area contributed by atoms with Crippen molar-refractivity contribution in [1.82, 2.24) is 20.1 Å². The first-order valence-electron chi connectivity index (χ1n) is 8.20. The van der Waals surface area contributed by atoms with E-state index in [-0.39, 0.29) is 12.1 Å². The summed E-state index contributed by atoms with van der Waals surface area (Å²) in [4.78, 5) is 20.1. The molecule has 0 spiro atoms. The molecule has 0 saturated carbocycles. The average molecular weight is 342 g/mol. The number of urea groups is 1. The molecule has 0 radical (unpaired) electrons. The van der Waals surface area contributed by atoms with E-state index in [0.29, 0.717) is 13.1 Å². The van der Waals surface area contributed by atoms with E-state index in [1.54, 1.807) is 31.5 Å². The van der Waals surface area contributed by atoms with E-state index >= 15 is 0 Å². The van der Waals surface area contributed by atoms with Gasteiger partial charge < -0.3 is 19.9 Å². The maximum absolute atomic E-state index is 12.4. The number of nitrogens with zero attached hydrogens (tertiary/aromatic N) is 3. The Kier molecular flexibility index (Phi) is 6.77. The lowest BCUT2D eigenvalue weighted by atomic mass is 10.0. The van der Waals surface area contributed by atoms with Crippen LogP contribution < -0.4 is 10.1 Å². The molecule has 1 aromatic heterocycles. The van der Waals surface area contributed by atoms with Crippen molar-refractivity contribution in [3.63, 3.8) is 0 Å². The highest BCUT2D eigenvalue weighted by Crippen LogP contribution is 2.27. The van der Waals surface area contributed by atoms with E-state index in [1.165, 1.54) is 0 Å². The maximum Gasteiger partial charge on any atom is 0.317 e. The molecule has 2 rings (SSSR count). The van der Waals surface area contributed by atoms with Crippen molar-refractivity contribution >= 4 is 6.03 Å². The van der Waals surface area contributed by atoms with Crippen LogP contribution in [0.1, 0.15) is 17.2 Å². The van der Waals surface area contributed by atoms with Crippen LogP contribution in [0.15, 0.2) is 48.8 Å². The molecule has 1 unspecified atom stereocenters. The first kappa shape index (κ1) is 18.7. The molecule has 6 nitrogen and oxygen atoms in total. The molecule has 1 aromatic carbocycles. The molecule has 0 aliphatic carbocycles. The zero-order valence-electron chi connectivity index (χ0n) is 15.3. The van der Waals surface area contributed by atoms with Crippen LogP contribution in [0.3, 0.4) is 0 Å². The van der Waals surface area contributed by atoms with Crippen molar-refractivity contribution in [1.29, 1.82) is 0 Å². The number of para-hydroxylation sites is 1. The highest BCUT2D eigenvalue weighted by atomic mass is 16.5. The number of methoxy groups -OCH3 is 1. The van der Waals surface area contributed by atoms with E-state index in [0.717, 1.165) is 16.9 Å². The predicted molar refractivity (Wildman–Crippen MR) is 98.5 cm³/mol. The van der Waals surface area contributed by atoms with Crippen molar-refractivity contribution in [2.75, 3.05) is 34.8 Å². The van der Waals surface area contributed by atoms with Gasteiger partial charge in [-0.25, -0.2) is 4.79 Å². The average Bonchev–Trinajstić information content (AvgIpc) is 2.62. The van der Waals surface area contributed by atoms with Gasteiger partial charge in [0, 0.05) is 38.1 Å². The second-order valence-electron chi connectivity index (χ2n) is 6.12. The number of likely N-dealkylation sites (N-methyl/N-ethyl adjacent to an activating group) is 1. The van der Waals surface area contributed by atoms with Crippen molar-refractivity contribution in [2.45, 2.75) is 12.6 Å². The summed E-state index contributed by atoms with van der Waals surface area (Å²) in [5, 5.41) is 3.01. The fourth-order valence-electron chi connectivity index (χ4n) is 2.67. The van der Waals surface area contributed by atoms with Crippen LogP contribution in [0.25, 0.3) is 0 Å². The number of hydrogen-bond donors (Lipinski definition) is 1. The van der Waals surface area contributed by atoms with Gasteiger partial charge in [0.25, 0.3) is 0 Å². The van der Waals surface area contributed by atoms with Gasteiger partial charge in [-0.05, 0) is 37.9 Å². The van der Waals surface area contributed by atoms with Crippen molar-refractivity contribution in [2.24, 2.45) is 0 Å². The lowest BCUT2D eigenvalue weighted by Gasteiger charge is -2.27. The third-order valence-electron chi connectivity index (χ3n) is 4.08. The Balaban J connectivity index is 1.99. The van der Waals surface area contributed by atoms with Gasteiger partial charge >= 0.3 is 6.03 Å². The summed E-state index contributed by atoms with van der Waals surface area (Å²) in [6.07, 6.45) is 3.45. The Bertz CT molecular complexity index is 676. The summed E-state index contributed by atoms with van der Waals surface area (Å²) in [6.45, 7) is 1.03. The Morgan fingerprint density at radius 1 is 1.16 bits per heavy atom. The molecule has 1 N–H and O–H groups in total. The summed E-state index contributed by atoms with van der Waals surface area (Å²) < 4.78 is 5.45. The number of carbonyl (C=O) groups is 1. The first-order valence-corrected chi connectivity index (χ1v) is 8.20. The lowest BCUT2D eigenvalue weighted by molar-refractivity contribution is 0.200. The SMILES string of the molecule is COc1ccccc1C(CNC(=O)N(C)Cc1ccncc1)N(C)C. The molecule has 0 bridgehead atoms. The van der Waals surface area contributed by atoms with Crippen LogP contribution in [-0.2, 0) is 6.54 Å². The summed E-state index contributed by atoms with van der Waals surface area (Å²) in [6, 6.07) is 11.6. The molecule has 2 amide bonds. The van der Waals surface area contributed by atoms with Gasteiger partial charge in [-0.3, -0.25) is 4.98 Å². The van der Waals surface area contributed by atoms with Gasteiger partial charge in [0.2, 0.25) is 0 Å². The topological polar surface area (TPSA) is 57.7 Å². The highest BCUT2D eigenvalue weighted by Gasteiger charge is 2.20. The molecule has 1 heterocycles. The number of pyridine rings is 1. The van der Waals surface area contributed by atoms with Crippen LogP contribution in [0.5, 0.6) is 5.75 Å². The number of carbonyl (C=O) groups excluding carboxylic acids is 1. The molecular weight excluding hydrogens is 316 g/mol. The monoisotopic (exact) mass is 342 g/mol. The van der Waals surface area contributed by atoms with Gasteiger partial charge in [0.05, 0.1) is 13.2 Å². The number of rotatable bonds is 7. The molecule has 0 fully saturated rings. The minimum atomic E-state index is -0.112. The lowest BCUT2D eigenvalue weighted by Crippen LogP contribution is -2.41. The zero-order chi connectivity index (χ0) is 18.2. The number of benzene rings is 1. The fraction of sp³-hybridized carbons (Fsp3) is 0.368. The third kappa shape index (κ3) is 5.19. The summed E-state index contributed by atoms with van der Waals surface area (Å²) in [5.41, 5.74) is 2.09. The normalized spacial score (nSPS) is 11.9. The molecule has 0 saturated heterocycles. The Morgan fingerprint density at radius 2 is 1.84 bits per heavy atom. The van der Waals surface area contributed by atoms with E-state index in [2.05, 4.69) is 15.2 Å². The van der Waals surface area contributed by atoms with Gasteiger partial charge in [-0.1, -0.05) is 18.2 Å². The number of nitrogens with one attached hydrogen (secondary N) is 1.